The lowest BCUT2D eigenvalue weighted by atomic mass is 9.88. The molecule has 1 aliphatic rings. The molecule has 0 saturated heterocycles. The summed E-state index contributed by atoms with van der Waals surface area (Å²) in [5, 5.41) is 9.90. The number of phenols is 1. The van der Waals surface area contributed by atoms with Crippen molar-refractivity contribution < 1.29 is 9.50 Å². The molecule has 2 aromatic rings. The minimum absolute atomic E-state index is 0.186. The number of allylic oxidation sites excluding steroid dienone is 2. The summed E-state index contributed by atoms with van der Waals surface area (Å²) in [6, 6.07) is 12.7. The molecule has 0 bridgehead atoms. The van der Waals surface area contributed by atoms with Gasteiger partial charge in [-0.2, -0.15) is 0 Å². The topological polar surface area (TPSA) is 20.2 Å². The highest BCUT2D eigenvalue weighted by molar-refractivity contribution is 6.08. The smallest absolute Gasteiger partial charge is 0.123 e. The van der Waals surface area contributed by atoms with E-state index in [1.165, 1.54) is 54.3 Å². The predicted octanol–water partition coefficient (Wildman–Crippen LogP) is 5.78. The van der Waals surface area contributed by atoms with Gasteiger partial charge in [0.1, 0.15) is 19.4 Å². The second kappa shape index (κ2) is 9.07. The summed E-state index contributed by atoms with van der Waals surface area (Å²) in [4.78, 5) is 0. The van der Waals surface area contributed by atoms with Crippen LogP contribution >= 0.6 is 0 Å². The molecule has 136 valence electrons. The van der Waals surface area contributed by atoms with E-state index in [1.54, 1.807) is 18.2 Å². The lowest BCUT2D eigenvalue weighted by molar-refractivity contribution is 0.474. The minimum atomic E-state index is -0.186. The molecule has 0 heterocycles. The third-order valence-corrected chi connectivity index (χ3v) is 5.37. The third kappa shape index (κ3) is 4.57. The zero-order valence-corrected chi connectivity index (χ0v) is 15.7. The molecule has 3 heteroatoms. The summed E-state index contributed by atoms with van der Waals surface area (Å²) in [7, 11) is 2.24. The summed E-state index contributed by atoms with van der Waals surface area (Å²) >= 11 is 0. The van der Waals surface area contributed by atoms with Gasteiger partial charge in [-0.25, -0.2) is 4.39 Å². The van der Waals surface area contributed by atoms with E-state index in [0.29, 0.717) is 5.75 Å². The van der Waals surface area contributed by atoms with Gasteiger partial charge < -0.3 is 5.11 Å². The first-order valence-electron chi connectivity index (χ1n) is 9.99. The molecule has 1 aliphatic carbocycles. The van der Waals surface area contributed by atoms with Crippen LogP contribution in [0.15, 0.2) is 42.5 Å². The Morgan fingerprint density at radius 3 is 2.46 bits per heavy atom. The van der Waals surface area contributed by atoms with Crippen molar-refractivity contribution in [3.05, 3.63) is 65.0 Å². The first-order chi connectivity index (χ1) is 12.7. The number of halogens is 1. The fourth-order valence-electron chi connectivity index (χ4n) is 4.01. The zero-order chi connectivity index (χ0) is 18.4. The van der Waals surface area contributed by atoms with E-state index in [0.717, 1.165) is 31.2 Å². The number of rotatable bonds is 7. The van der Waals surface area contributed by atoms with Crippen LogP contribution in [0.4, 0.5) is 4.39 Å². The molecular formula is C23H28BFO. The normalized spacial score (nSPS) is 14.2. The number of benzene rings is 2. The fraction of sp³-hybridized carbons (Fsp3) is 0.391. The van der Waals surface area contributed by atoms with Crippen LogP contribution in [-0.2, 0) is 6.42 Å². The maximum atomic E-state index is 13.4. The van der Waals surface area contributed by atoms with Crippen molar-refractivity contribution in [1.29, 1.82) is 0 Å². The summed E-state index contributed by atoms with van der Waals surface area (Å²) in [6.07, 6.45) is 10.4. The van der Waals surface area contributed by atoms with Crippen molar-refractivity contribution in [3.8, 4) is 5.75 Å². The van der Waals surface area contributed by atoms with Crippen molar-refractivity contribution in [3.63, 3.8) is 0 Å². The average molecular weight is 350 g/mol. The third-order valence-electron chi connectivity index (χ3n) is 5.37. The molecule has 0 atom stereocenters. The van der Waals surface area contributed by atoms with Crippen molar-refractivity contribution >= 4 is 19.0 Å². The number of fused-ring (bicyclic) bond motifs is 1. The SMILES string of the molecule is BCCCCCCC1=C(c2ccc(F)cc2)CCCc2cc(O)ccc21. The Labute approximate surface area is 157 Å². The molecule has 3 rings (SSSR count). The first-order valence-corrected chi connectivity index (χ1v) is 9.99. The molecule has 0 radical (unpaired) electrons. The van der Waals surface area contributed by atoms with Crippen LogP contribution < -0.4 is 0 Å². The molecule has 0 fully saturated rings. The lowest BCUT2D eigenvalue weighted by Gasteiger charge is -2.16. The zero-order valence-electron chi connectivity index (χ0n) is 15.7. The van der Waals surface area contributed by atoms with Gasteiger partial charge in [-0.05, 0) is 84.2 Å². The molecule has 1 N–H and O–H groups in total. The minimum Gasteiger partial charge on any atom is -0.508 e. The van der Waals surface area contributed by atoms with Gasteiger partial charge >= 0.3 is 0 Å². The van der Waals surface area contributed by atoms with Crippen molar-refractivity contribution in [2.75, 3.05) is 0 Å². The fourth-order valence-corrected chi connectivity index (χ4v) is 4.01. The molecule has 0 unspecified atom stereocenters. The van der Waals surface area contributed by atoms with Crippen LogP contribution in [0.5, 0.6) is 5.75 Å². The maximum absolute atomic E-state index is 13.4. The summed E-state index contributed by atoms with van der Waals surface area (Å²) in [5.74, 6) is 0.158. The summed E-state index contributed by atoms with van der Waals surface area (Å²) in [6.45, 7) is 0. The van der Waals surface area contributed by atoms with E-state index in [1.807, 2.05) is 18.2 Å². The van der Waals surface area contributed by atoms with Gasteiger partial charge in [0.25, 0.3) is 0 Å². The first kappa shape index (κ1) is 18.8. The molecule has 1 nitrogen and oxygen atoms in total. The number of hydrogen-bond donors (Lipinski definition) is 1. The summed E-state index contributed by atoms with van der Waals surface area (Å²) in [5.41, 5.74) is 6.39. The van der Waals surface area contributed by atoms with Crippen molar-refractivity contribution in [2.45, 2.75) is 57.7 Å². The van der Waals surface area contributed by atoms with Crippen molar-refractivity contribution in [1.82, 2.24) is 0 Å². The van der Waals surface area contributed by atoms with Crippen LogP contribution in [0.25, 0.3) is 11.1 Å². The summed E-state index contributed by atoms with van der Waals surface area (Å²) < 4.78 is 13.4. The lowest BCUT2D eigenvalue weighted by Crippen LogP contribution is -1.95. The molecule has 0 spiro atoms. The van der Waals surface area contributed by atoms with Gasteiger partial charge in [0, 0.05) is 0 Å². The largest absolute Gasteiger partial charge is 0.508 e. The highest BCUT2D eigenvalue weighted by Gasteiger charge is 2.18. The standard InChI is InChI=1S/C23H28BFO/c24-15-4-2-1-3-7-23-21(17-9-11-19(25)12-10-17)8-5-6-18-16-20(26)13-14-22(18)23/h9-14,16,26H,1-8,15,24H2. The van der Waals surface area contributed by atoms with Gasteiger partial charge in [-0.3, -0.25) is 0 Å². The Kier molecular flexibility index (Phi) is 6.54. The van der Waals surface area contributed by atoms with E-state index in [2.05, 4.69) is 13.9 Å². The number of phenolic OH excluding ortho intramolecular Hbond substituents is 1. The van der Waals surface area contributed by atoms with E-state index in [4.69, 9.17) is 0 Å². The number of hydrogen-bond acceptors (Lipinski definition) is 1. The van der Waals surface area contributed by atoms with Crippen LogP contribution in [0, 0.1) is 5.82 Å². The second-order valence-electron chi connectivity index (χ2n) is 7.32. The Bertz CT molecular complexity index is 764. The quantitative estimate of drug-likeness (QED) is 0.496. The molecule has 26 heavy (non-hydrogen) atoms. The Morgan fingerprint density at radius 1 is 0.923 bits per heavy atom. The molecule has 0 aromatic heterocycles. The van der Waals surface area contributed by atoms with Gasteiger partial charge in [0.15, 0.2) is 0 Å². The Hall–Kier alpha value is -2.03. The van der Waals surface area contributed by atoms with E-state index < -0.39 is 0 Å². The van der Waals surface area contributed by atoms with Crippen LogP contribution in [-0.4, -0.2) is 13.0 Å². The monoisotopic (exact) mass is 350 g/mol. The van der Waals surface area contributed by atoms with Crippen molar-refractivity contribution in [2.24, 2.45) is 0 Å². The average Bonchev–Trinajstić information content (AvgIpc) is 2.81. The van der Waals surface area contributed by atoms with E-state index in [-0.39, 0.29) is 5.82 Å². The molecule has 0 amide bonds. The highest BCUT2D eigenvalue weighted by Crippen LogP contribution is 2.39. The Morgan fingerprint density at radius 2 is 1.69 bits per heavy atom. The van der Waals surface area contributed by atoms with Gasteiger partial charge in [-0.15, -0.1) is 0 Å². The van der Waals surface area contributed by atoms with E-state index >= 15 is 0 Å². The Balaban J connectivity index is 1.96. The number of aryl methyl sites for hydroxylation is 1. The second-order valence-corrected chi connectivity index (χ2v) is 7.32. The van der Waals surface area contributed by atoms with Crippen LogP contribution in [0.1, 0.15) is 61.6 Å². The maximum Gasteiger partial charge on any atom is 0.123 e. The van der Waals surface area contributed by atoms with Gasteiger partial charge in [0.2, 0.25) is 0 Å². The number of unbranched alkanes of at least 4 members (excludes halogenated alkanes) is 3. The molecule has 0 aliphatic heterocycles. The highest BCUT2D eigenvalue weighted by atomic mass is 19.1. The molecular weight excluding hydrogens is 322 g/mol. The molecule has 0 saturated carbocycles. The van der Waals surface area contributed by atoms with Crippen LogP contribution in [0.3, 0.4) is 0 Å². The van der Waals surface area contributed by atoms with Gasteiger partial charge in [-0.1, -0.05) is 43.8 Å². The molecule has 2 aromatic carbocycles. The van der Waals surface area contributed by atoms with E-state index in [9.17, 15) is 9.50 Å². The number of aromatic hydroxyl groups is 1. The van der Waals surface area contributed by atoms with Crippen LogP contribution in [0.2, 0.25) is 6.32 Å². The van der Waals surface area contributed by atoms with Gasteiger partial charge in [0.05, 0.1) is 0 Å². The predicted molar refractivity (Wildman–Crippen MR) is 111 cm³/mol.